The van der Waals surface area contributed by atoms with Crippen molar-refractivity contribution in [3.63, 3.8) is 0 Å². The number of primary amides is 1. The molecule has 0 saturated heterocycles. The van der Waals surface area contributed by atoms with Crippen LogP contribution in [0.1, 0.15) is 16.1 Å². The lowest BCUT2D eigenvalue weighted by molar-refractivity contribution is 0.0180. The van der Waals surface area contributed by atoms with Crippen molar-refractivity contribution in [2.24, 2.45) is 5.73 Å². The maximum absolute atomic E-state index is 12.5. The average molecular weight is 388 g/mol. The highest BCUT2D eigenvalue weighted by Crippen LogP contribution is 2.13. The summed E-state index contributed by atoms with van der Waals surface area (Å²) in [4.78, 5) is 24.2. The Bertz CT molecular complexity index is 1020. The van der Waals surface area contributed by atoms with E-state index in [4.69, 9.17) is 22.1 Å². The van der Waals surface area contributed by atoms with Crippen molar-refractivity contribution in [1.29, 1.82) is 0 Å². The van der Waals surface area contributed by atoms with Crippen molar-refractivity contribution in [2.45, 2.75) is 19.3 Å². The summed E-state index contributed by atoms with van der Waals surface area (Å²) in [5, 5.41) is 15.5. The lowest BCUT2D eigenvalue weighted by Crippen LogP contribution is -2.33. The van der Waals surface area contributed by atoms with Gasteiger partial charge in [0.25, 0.3) is 11.5 Å². The molecule has 2 aromatic carbocycles. The highest BCUT2D eigenvalue weighted by Gasteiger charge is 2.16. The molecule has 1 amide bonds. The number of nitrogens with two attached hydrogens (primary N) is 1. The third kappa shape index (κ3) is 4.51. The third-order valence-electron chi connectivity index (χ3n) is 3.98. The minimum Gasteiger partial charge on any atom is -0.389 e. The molecule has 1 heterocycles. The van der Waals surface area contributed by atoms with E-state index in [9.17, 15) is 14.7 Å². The van der Waals surface area contributed by atoms with E-state index in [1.165, 1.54) is 0 Å². The standard InChI is InChI=1S/C19H18ClN3O4/c20-13-7-5-12(6-8-13)10-27-11-14(24)9-23-19(26)16-4-2-1-3-15(16)17(22-23)18(21)25/h1-8,14,24H,9-11H2,(H2,21,25)/t14-/m1/s1. The summed E-state index contributed by atoms with van der Waals surface area (Å²) in [5.41, 5.74) is 5.85. The molecule has 0 aliphatic carbocycles. The van der Waals surface area contributed by atoms with Crippen molar-refractivity contribution < 1.29 is 14.6 Å². The Morgan fingerprint density at radius 3 is 2.52 bits per heavy atom. The van der Waals surface area contributed by atoms with Gasteiger partial charge in [-0.2, -0.15) is 5.10 Å². The van der Waals surface area contributed by atoms with Gasteiger partial charge in [-0.25, -0.2) is 4.68 Å². The van der Waals surface area contributed by atoms with Crippen LogP contribution in [0.25, 0.3) is 10.8 Å². The van der Waals surface area contributed by atoms with Gasteiger partial charge >= 0.3 is 0 Å². The van der Waals surface area contributed by atoms with Gasteiger partial charge in [-0.1, -0.05) is 41.9 Å². The smallest absolute Gasteiger partial charge is 0.274 e. The monoisotopic (exact) mass is 387 g/mol. The van der Waals surface area contributed by atoms with Crippen molar-refractivity contribution in [3.05, 3.63) is 75.2 Å². The van der Waals surface area contributed by atoms with Gasteiger partial charge in [0.15, 0.2) is 5.69 Å². The number of nitrogens with zero attached hydrogens (tertiary/aromatic N) is 2. The van der Waals surface area contributed by atoms with Gasteiger partial charge in [-0.15, -0.1) is 0 Å². The van der Waals surface area contributed by atoms with Crippen LogP contribution in [0.15, 0.2) is 53.3 Å². The largest absolute Gasteiger partial charge is 0.389 e. The van der Waals surface area contributed by atoms with Crippen LogP contribution in [0.5, 0.6) is 0 Å². The number of carbonyl (C=O) groups is 1. The summed E-state index contributed by atoms with van der Waals surface area (Å²) < 4.78 is 6.51. The number of benzene rings is 2. The van der Waals surface area contributed by atoms with E-state index in [0.29, 0.717) is 22.4 Å². The molecule has 140 valence electrons. The number of aliphatic hydroxyl groups is 1. The number of hydrogen-bond acceptors (Lipinski definition) is 5. The zero-order valence-corrected chi connectivity index (χ0v) is 15.1. The molecule has 8 heteroatoms. The fraction of sp³-hybridized carbons (Fsp3) is 0.211. The normalized spacial score (nSPS) is 12.2. The number of fused-ring (bicyclic) bond motifs is 1. The zero-order valence-electron chi connectivity index (χ0n) is 14.3. The first kappa shape index (κ1) is 19.0. The summed E-state index contributed by atoms with van der Waals surface area (Å²) in [6, 6.07) is 13.7. The number of carbonyl (C=O) groups excluding carboxylic acids is 1. The molecule has 0 aliphatic heterocycles. The third-order valence-corrected chi connectivity index (χ3v) is 4.23. The van der Waals surface area contributed by atoms with Crippen molar-refractivity contribution >= 4 is 28.3 Å². The van der Waals surface area contributed by atoms with Gasteiger partial charge in [0.2, 0.25) is 0 Å². The Kier molecular flexibility index (Phi) is 5.85. The number of aromatic nitrogens is 2. The molecule has 0 radical (unpaired) electrons. The predicted octanol–water partition coefficient (Wildman–Crippen LogP) is 1.73. The lowest BCUT2D eigenvalue weighted by atomic mass is 10.1. The molecular weight excluding hydrogens is 370 g/mol. The second-order valence-electron chi connectivity index (χ2n) is 6.04. The van der Waals surface area contributed by atoms with Gasteiger partial charge in [0.1, 0.15) is 0 Å². The van der Waals surface area contributed by atoms with Gasteiger partial charge in [-0.3, -0.25) is 9.59 Å². The maximum Gasteiger partial charge on any atom is 0.274 e. The summed E-state index contributed by atoms with van der Waals surface area (Å²) in [5.74, 6) is -0.742. The molecule has 0 fully saturated rings. The number of aliphatic hydroxyl groups excluding tert-OH is 1. The molecule has 3 rings (SSSR count). The number of amides is 1. The molecule has 0 unspecified atom stereocenters. The summed E-state index contributed by atoms with van der Waals surface area (Å²) in [7, 11) is 0. The van der Waals surface area contributed by atoms with Crippen molar-refractivity contribution in [1.82, 2.24) is 9.78 Å². The maximum atomic E-state index is 12.5. The van der Waals surface area contributed by atoms with Gasteiger partial charge in [-0.05, 0) is 23.8 Å². The first-order valence-electron chi connectivity index (χ1n) is 8.25. The van der Waals surface area contributed by atoms with E-state index in [2.05, 4.69) is 5.10 Å². The minimum absolute atomic E-state index is 0.00449. The summed E-state index contributed by atoms with van der Waals surface area (Å²) in [6.07, 6.45) is -0.982. The van der Waals surface area contributed by atoms with Crippen LogP contribution in [0.3, 0.4) is 0 Å². The van der Waals surface area contributed by atoms with Crippen LogP contribution >= 0.6 is 11.6 Å². The SMILES string of the molecule is NC(=O)c1nn(C[C@@H](O)COCc2ccc(Cl)cc2)c(=O)c2ccccc12. The molecule has 1 atom stereocenters. The van der Waals surface area contributed by atoms with E-state index >= 15 is 0 Å². The van der Waals surface area contributed by atoms with Gasteiger partial charge in [0.05, 0.1) is 31.2 Å². The van der Waals surface area contributed by atoms with Crippen LogP contribution in [0.2, 0.25) is 5.02 Å². The highest BCUT2D eigenvalue weighted by atomic mass is 35.5. The van der Waals surface area contributed by atoms with Crippen LogP contribution < -0.4 is 11.3 Å². The Balaban J connectivity index is 1.72. The van der Waals surface area contributed by atoms with E-state index in [1.54, 1.807) is 36.4 Å². The van der Waals surface area contributed by atoms with Crippen molar-refractivity contribution in [2.75, 3.05) is 6.61 Å². The summed E-state index contributed by atoms with van der Waals surface area (Å²) in [6.45, 7) is 0.168. The first-order chi connectivity index (χ1) is 13.0. The first-order valence-corrected chi connectivity index (χ1v) is 8.63. The topological polar surface area (TPSA) is 107 Å². The predicted molar refractivity (Wildman–Crippen MR) is 102 cm³/mol. The second-order valence-corrected chi connectivity index (χ2v) is 6.48. The minimum atomic E-state index is -0.982. The molecule has 1 aromatic heterocycles. The Morgan fingerprint density at radius 1 is 1.19 bits per heavy atom. The van der Waals surface area contributed by atoms with E-state index in [1.807, 2.05) is 12.1 Å². The molecule has 27 heavy (non-hydrogen) atoms. The zero-order chi connectivity index (χ0) is 19.4. The fourth-order valence-electron chi connectivity index (χ4n) is 2.69. The molecule has 3 N–H and O–H groups in total. The molecule has 0 spiro atoms. The molecule has 0 aliphatic rings. The van der Waals surface area contributed by atoms with Crippen LogP contribution in [0, 0.1) is 0 Å². The van der Waals surface area contributed by atoms with Crippen LogP contribution in [0.4, 0.5) is 0 Å². The van der Waals surface area contributed by atoms with E-state index in [-0.39, 0.29) is 18.8 Å². The molecule has 0 saturated carbocycles. The number of hydrogen-bond donors (Lipinski definition) is 2. The molecule has 7 nitrogen and oxygen atoms in total. The van der Waals surface area contributed by atoms with Gasteiger partial charge < -0.3 is 15.6 Å². The average Bonchev–Trinajstić information content (AvgIpc) is 2.65. The molecular formula is C19H18ClN3O4. The lowest BCUT2D eigenvalue weighted by Gasteiger charge is -2.14. The number of halogens is 1. The Labute approximate surface area is 159 Å². The second kappa shape index (κ2) is 8.30. The van der Waals surface area contributed by atoms with E-state index < -0.39 is 17.6 Å². The highest BCUT2D eigenvalue weighted by molar-refractivity contribution is 6.30. The molecule has 3 aromatic rings. The number of rotatable bonds is 7. The van der Waals surface area contributed by atoms with Crippen LogP contribution in [-0.4, -0.2) is 33.5 Å². The number of ether oxygens (including phenoxy) is 1. The molecule has 0 bridgehead atoms. The quantitative estimate of drug-likeness (QED) is 0.642. The van der Waals surface area contributed by atoms with Crippen LogP contribution in [-0.2, 0) is 17.9 Å². The van der Waals surface area contributed by atoms with E-state index in [0.717, 1.165) is 10.2 Å². The fourth-order valence-corrected chi connectivity index (χ4v) is 2.81. The van der Waals surface area contributed by atoms with Gasteiger partial charge in [0, 0.05) is 10.4 Å². The Morgan fingerprint density at radius 2 is 1.85 bits per heavy atom. The van der Waals surface area contributed by atoms with Crippen molar-refractivity contribution in [3.8, 4) is 0 Å². The Hall–Kier alpha value is -2.74. The summed E-state index contributed by atoms with van der Waals surface area (Å²) >= 11 is 5.82.